The van der Waals surface area contributed by atoms with E-state index in [2.05, 4.69) is 0 Å². The van der Waals surface area contributed by atoms with E-state index in [-0.39, 0.29) is 15.7 Å². The molecule has 0 saturated heterocycles. The van der Waals surface area contributed by atoms with Crippen molar-refractivity contribution < 1.29 is 9.53 Å². The number of carbonyl (C=O) groups is 1. The molecule has 3 rings (SSSR count). The molecule has 3 radical (unpaired) electrons. The first kappa shape index (κ1) is 18.9. The fourth-order valence-electron chi connectivity index (χ4n) is 2.76. The first-order valence-corrected chi connectivity index (χ1v) is 8.01. The van der Waals surface area contributed by atoms with Gasteiger partial charge in [-0.3, -0.25) is 4.79 Å². The number of hydrogen-bond acceptors (Lipinski definition) is 2. The molecule has 3 aromatic rings. The maximum Gasteiger partial charge on any atom is 0.197 e. The Balaban J connectivity index is 0.00000225. The number of ether oxygens (including phenoxy) is 1. The molecular weight excluding hydrogens is 327 g/mol. The molecule has 0 N–H and O–H groups in total. The van der Waals surface area contributed by atoms with Crippen LogP contribution in [0.2, 0.25) is 0 Å². The van der Waals surface area contributed by atoms with Gasteiger partial charge in [0.25, 0.3) is 0 Å². The molecule has 0 heterocycles. The van der Waals surface area contributed by atoms with E-state index in [1.165, 1.54) is 0 Å². The molecule has 0 unspecified atom stereocenters. The lowest BCUT2D eigenvalue weighted by atomic mass is 9.92. The third kappa shape index (κ3) is 3.97. The molecule has 0 aliphatic heterocycles. The van der Waals surface area contributed by atoms with Crippen LogP contribution >= 0.6 is 9.90 Å². The van der Waals surface area contributed by atoms with Crippen molar-refractivity contribution in [3.05, 3.63) is 94.5 Å². The Morgan fingerprint density at radius 1 is 0.800 bits per heavy atom. The van der Waals surface area contributed by atoms with E-state index in [4.69, 9.17) is 4.74 Å². The highest BCUT2D eigenvalue weighted by molar-refractivity contribution is 6.92. The van der Waals surface area contributed by atoms with E-state index in [9.17, 15) is 4.79 Å². The van der Waals surface area contributed by atoms with Crippen LogP contribution in [-0.4, -0.2) is 5.78 Å². The molecular formula is C22H20O2P. The van der Waals surface area contributed by atoms with Gasteiger partial charge in [-0.25, -0.2) is 0 Å². The molecule has 0 aromatic heterocycles. The summed E-state index contributed by atoms with van der Waals surface area (Å²) >= 11 is 0. The molecule has 0 aliphatic carbocycles. The molecule has 125 valence electrons. The summed E-state index contributed by atoms with van der Waals surface area (Å²) in [5, 5.41) is 0. The summed E-state index contributed by atoms with van der Waals surface area (Å²) in [4.78, 5) is 13.1. The molecule has 0 fully saturated rings. The van der Waals surface area contributed by atoms with Gasteiger partial charge in [-0.05, 0) is 55.7 Å². The summed E-state index contributed by atoms with van der Waals surface area (Å²) in [5.74, 6) is 1.32. The molecule has 0 saturated carbocycles. The Kier molecular flexibility index (Phi) is 6.12. The Labute approximate surface area is 152 Å². The molecule has 2 nitrogen and oxygen atoms in total. The van der Waals surface area contributed by atoms with Crippen molar-refractivity contribution in [2.75, 3.05) is 0 Å². The summed E-state index contributed by atoms with van der Waals surface area (Å²) < 4.78 is 6.05. The topological polar surface area (TPSA) is 26.3 Å². The molecule has 0 amide bonds. The van der Waals surface area contributed by atoms with E-state index in [1.807, 2.05) is 87.5 Å². The van der Waals surface area contributed by atoms with Crippen molar-refractivity contribution in [1.29, 1.82) is 0 Å². The molecule has 3 heteroatoms. The quantitative estimate of drug-likeness (QED) is 0.398. The van der Waals surface area contributed by atoms with Gasteiger partial charge in [0, 0.05) is 15.5 Å². The normalized spacial score (nSPS) is 10.0. The van der Waals surface area contributed by atoms with Crippen LogP contribution in [0.5, 0.6) is 11.5 Å². The van der Waals surface area contributed by atoms with Gasteiger partial charge in [0.15, 0.2) is 5.78 Å². The lowest BCUT2D eigenvalue weighted by Crippen LogP contribution is -2.08. The molecule has 25 heavy (non-hydrogen) atoms. The molecule has 0 spiro atoms. The van der Waals surface area contributed by atoms with Crippen LogP contribution in [0.1, 0.15) is 32.6 Å². The predicted molar refractivity (Wildman–Crippen MR) is 104 cm³/mol. The van der Waals surface area contributed by atoms with Crippen molar-refractivity contribution >= 4 is 15.7 Å². The van der Waals surface area contributed by atoms with Gasteiger partial charge in [-0.1, -0.05) is 48.5 Å². The zero-order chi connectivity index (χ0) is 17.1. The van der Waals surface area contributed by atoms with Crippen molar-refractivity contribution in [2.24, 2.45) is 0 Å². The lowest BCUT2D eigenvalue weighted by molar-refractivity contribution is 0.103. The van der Waals surface area contributed by atoms with Crippen LogP contribution in [-0.2, 0) is 0 Å². The summed E-state index contributed by atoms with van der Waals surface area (Å²) in [7, 11) is 0. The SMILES string of the molecule is Cc1cc(Oc2ccccc2)c(C(=O)c2ccccc2)c(C)c1C.[P]. The van der Waals surface area contributed by atoms with Gasteiger partial charge in [0.1, 0.15) is 11.5 Å². The molecule has 3 aromatic carbocycles. The van der Waals surface area contributed by atoms with Crippen molar-refractivity contribution in [1.82, 2.24) is 0 Å². The Bertz CT molecular complexity index is 872. The highest BCUT2D eigenvalue weighted by Gasteiger charge is 2.20. The predicted octanol–water partition coefficient (Wildman–Crippen LogP) is 6.50. The average Bonchev–Trinajstić information content (AvgIpc) is 2.61. The van der Waals surface area contributed by atoms with Gasteiger partial charge in [0.05, 0.1) is 5.56 Å². The second-order valence-electron chi connectivity index (χ2n) is 5.93. The van der Waals surface area contributed by atoms with Crippen LogP contribution in [0.3, 0.4) is 0 Å². The first-order chi connectivity index (χ1) is 11.6. The maximum atomic E-state index is 13.1. The van der Waals surface area contributed by atoms with E-state index in [0.717, 1.165) is 22.4 Å². The standard InChI is InChI=1S/C22H20O2.P/c1-15-14-20(24-19-12-8-5-9-13-19)21(17(3)16(15)2)22(23)18-10-6-4-7-11-18;/h4-14H,1-3H3;. The van der Waals surface area contributed by atoms with Crippen LogP contribution in [0, 0.1) is 20.8 Å². The molecule has 0 atom stereocenters. The van der Waals surface area contributed by atoms with Crippen LogP contribution in [0.15, 0.2) is 66.7 Å². The van der Waals surface area contributed by atoms with Gasteiger partial charge in [-0.15, -0.1) is 0 Å². The van der Waals surface area contributed by atoms with Gasteiger partial charge in [0.2, 0.25) is 0 Å². The van der Waals surface area contributed by atoms with Gasteiger partial charge in [-0.2, -0.15) is 0 Å². The number of para-hydroxylation sites is 1. The number of benzene rings is 3. The monoisotopic (exact) mass is 347 g/mol. The van der Waals surface area contributed by atoms with Crippen molar-refractivity contribution in [3.8, 4) is 11.5 Å². The Hall–Kier alpha value is -2.44. The molecule has 0 bridgehead atoms. The number of aryl methyl sites for hydroxylation is 1. The average molecular weight is 347 g/mol. The Morgan fingerprint density at radius 3 is 1.96 bits per heavy atom. The first-order valence-electron chi connectivity index (χ1n) is 8.01. The highest BCUT2D eigenvalue weighted by Crippen LogP contribution is 2.33. The molecule has 0 aliphatic rings. The fourth-order valence-corrected chi connectivity index (χ4v) is 2.76. The smallest absolute Gasteiger partial charge is 0.197 e. The highest BCUT2D eigenvalue weighted by atomic mass is 31.0. The zero-order valence-electron chi connectivity index (χ0n) is 14.6. The fraction of sp³-hybridized carbons (Fsp3) is 0.136. The number of carbonyl (C=O) groups excluding carboxylic acids is 1. The number of ketones is 1. The third-order valence-corrected chi connectivity index (χ3v) is 4.36. The van der Waals surface area contributed by atoms with E-state index < -0.39 is 0 Å². The largest absolute Gasteiger partial charge is 0.457 e. The van der Waals surface area contributed by atoms with Crippen LogP contribution in [0.25, 0.3) is 0 Å². The minimum atomic E-state index is -0.0119. The lowest BCUT2D eigenvalue weighted by Gasteiger charge is -2.17. The summed E-state index contributed by atoms with van der Waals surface area (Å²) in [5.41, 5.74) is 4.50. The van der Waals surface area contributed by atoms with E-state index in [0.29, 0.717) is 16.9 Å². The van der Waals surface area contributed by atoms with E-state index in [1.54, 1.807) is 0 Å². The van der Waals surface area contributed by atoms with Crippen molar-refractivity contribution in [2.45, 2.75) is 20.8 Å². The number of hydrogen-bond donors (Lipinski definition) is 0. The van der Waals surface area contributed by atoms with Crippen LogP contribution < -0.4 is 4.74 Å². The minimum Gasteiger partial charge on any atom is -0.457 e. The minimum absolute atomic E-state index is 0. The van der Waals surface area contributed by atoms with Gasteiger partial charge >= 0.3 is 0 Å². The van der Waals surface area contributed by atoms with Crippen molar-refractivity contribution in [3.63, 3.8) is 0 Å². The second-order valence-corrected chi connectivity index (χ2v) is 5.93. The summed E-state index contributed by atoms with van der Waals surface area (Å²) in [6, 6.07) is 20.8. The van der Waals surface area contributed by atoms with E-state index >= 15 is 0 Å². The third-order valence-electron chi connectivity index (χ3n) is 4.36. The number of rotatable bonds is 4. The Morgan fingerprint density at radius 2 is 1.36 bits per heavy atom. The summed E-state index contributed by atoms with van der Waals surface area (Å²) in [6.07, 6.45) is 0. The maximum absolute atomic E-state index is 13.1. The van der Waals surface area contributed by atoms with Crippen LogP contribution in [0.4, 0.5) is 0 Å². The second kappa shape index (κ2) is 8.09. The van der Waals surface area contributed by atoms with Gasteiger partial charge < -0.3 is 4.74 Å². The zero-order valence-corrected chi connectivity index (χ0v) is 15.5. The summed E-state index contributed by atoms with van der Waals surface area (Å²) in [6.45, 7) is 6.06.